The van der Waals surface area contributed by atoms with E-state index in [1.54, 1.807) is 0 Å². The Balaban J connectivity index is 1.43. The van der Waals surface area contributed by atoms with E-state index in [0.29, 0.717) is 11.8 Å². The molecule has 130 valence electrons. The number of likely N-dealkylation sites (tertiary alicyclic amines) is 1. The molecule has 0 aliphatic carbocycles. The van der Waals surface area contributed by atoms with Crippen molar-refractivity contribution in [1.29, 1.82) is 0 Å². The molecule has 5 nitrogen and oxygen atoms in total. The topological polar surface area (TPSA) is 49.3 Å². The van der Waals surface area contributed by atoms with Gasteiger partial charge in [-0.25, -0.2) is 0 Å². The second-order valence-corrected chi connectivity index (χ2v) is 7.36. The molecule has 0 unspecified atom stereocenters. The maximum Gasteiger partial charge on any atom is 0.253 e. The van der Waals surface area contributed by atoms with Crippen LogP contribution in [-0.4, -0.2) is 47.2 Å². The molecule has 25 heavy (non-hydrogen) atoms. The van der Waals surface area contributed by atoms with Crippen LogP contribution in [0.5, 0.6) is 0 Å². The van der Waals surface area contributed by atoms with Crippen molar-refractivity contribution in [2.75, 3.05) is 31.1 Å². The minimum absolute atomic E-state index is 0.163. The summed E-state index contributed by atoms with van der Waals surface area (Å²) in [6, 6.07) is 12.0. The van der Waals surface area contributed by atoms with Crippen LogP contribution < -0.4 is 4.90 Å². The molecule has 0 bridgehead atoms. The summed E-state index contributed by atoms with van der Waals surface area (Å²) < 4.78 is 0. The Hall–Kier alpha value is -2.43. The Kier molecular flexibility index (Phi) is 4.15. The van der Waals surface area contributed by atoms with Crippen LogP contribution in [0.25, 0.3) is 0 Å². The van der Waals surface area contributed by atoms with E-state index in [4.69, 9.17) is 0 Å². The Morgan fingerprint density at radius 2 is 1.72 bits per heavy atom. The summed E-state index contributed by atoms with van der Waals surface area (Å²) >= 11 is 0. The third kappa shape index (κ3) is 3.23. The van der Waals surface area contributed by atoms with Crippen molar-refractivity contribution in [1.82, 2.24) is 15.1 Å². The number of carbonyl (C=O) groups excluding carboxylic acids is 1. The molecule has 0 spiro atoms. The van der Waals surface area contributed by atoms with Crippen molar-refractivity contribution in [2.24, 2.45) is 11.8 Å². The van der Waals surface area contributed by atoms with Crippen LogP contribution >= 0.6 is 0 Å². The minimum atomic E-state index is 0.163. The van der Waals surface area contributed by atoms with Gasteiger partial charge in [-0.2, -0.15) is 5.10 Å². The molecule has 0 radical (unpaired) electrons. The Labute approximate surface area is 148 Å². The molecule has 4 rings (SSSR count). The van der Waals surface area contributed by atoms with Crippen LogP contribution in [0.15, 0.2) is 36.4 Å². The lowest BCUT2D eigenvalue weighted by atomic mass is 9.89. The van der Waals surface area contributed by atoms with Crippen LogP contribution in [0.2, 0.25) is 0 Å². The number of carbonyl (C=O) groups is 1. The minimum Gasteiger partial charge on any atom is -0.355 e. The zero-order valence-electron chi connectivity index (χ0n) is 14.9. The van der Waals surface area contributed by atoms with Gasteiger partial charge in [0, 0.05) is 31.7 Å². The maximum atomic E-state index is 12.8. The van der Waals surface area contributed by atoms with Gasteiger partial charge in [-0.05, 0) is 56.4 Å². The Bertz CT molecular complexity index is 756. The highest BCUT2D eigenvalue weighted by atomic mass is 16.2. The molecule has 2 aliphatic heterocycles. The molecular formula is C20H24N4O. The number of aryl methyl sites for hydroxylation is 2. The van der Waals surface area contributed by atoms with E-state index in [1.807, 2.05) is 55.1 Å². The van der Waals surface area contributed by atoms with Gasteiger partial charge in [0.2, 0.25) is 0 Å². The van der Waals surface area contributed by atoms with E-state index < -0.39 is 0 Å². The fourth-order valence-electron chi connectivity index (χ4n) is 3.98. The summed E-state index contributed by atoms with van der Waals surface area (Å²) in [6.07, 6.45) is 1.11. The van der Waals surface area contributed by atoms with Gasteiger partial charge >= 0.3 is 0 Å². The molecule has 2 saturated heterocycles. The third-order valence-electron chi connectivity index (χ3n) is 5.49. The van der Waals surface area contributed by atoms with E-state index in [2.05, 4.69) is 15.1 Å². The molecule has 1 aromatic heterocycles. The first-order valence-electron chi connectivity index (χ1n) is 9.01. The lowest BCUT2D eigenvalue weighted by Gasteiger charge is -2.34. The number of hydrogen-bond acceptors (Lipinski definition) is 4. The average molecular weight is 336 g/mol. The van der Waals surface area contributed by atoms with E-state index in [0.717, 1.165) is 49.7 Å². The van der Waals surface area contributed by atoms with E-state index >= 15 is 0 Å². The van der Waals surface area contributed by atoms with E-state index in [1.165, 1.54) is 5.56 Å². The Morgan fingerprint density at radius 1 is 0.960 bits per heavy atom. The van der Waals surface area contributed by atoms with Gasteiger partial charge in [0.05, 0.1) is 5.69 Å². The first kappa shape index (κ1) is 16.1. The first-order valence-corrected chi connectivity index (χ1v) is 9.01. The summed E-state index contributed by atoms with van der Waals surface area (Å²) in [5, 5.41) is 8.50. The predicted octanol–water partition coefficient (Wildman–Crippen LogP) is 2.69. The van der Waals surface area contributed by atoms with Gasteiger partial charge < -0.3 is 9.80 Å². The second kappa shape index (κ2) is 6.47. The van der Waals surface area contributed by atoms with Gasteiger partial charge in [0.1, 0.15) is 0 Å². The molecule has 2 aliphatic rings. The highest BCUT2D eigenvalue weighted by molar-refractivity contribution is 5.94. The second-order valence-electron chi connectivity index (χ2n) is 7.36. The van der Waals surface area contributed by atoms with Gasteiger partial charge in [-0.3, -0.25) is 4.79 Å². The average Bonchev–Trinajstić information content (AvgIpc) is 3.05. The highest BCUT2D eigenvalue weighted by Crippen LogP contribution is 2.33. The standard InChI is InChI=1S/C20H24N4O/c1-14-3-6-16(7-4-14)20(25)24-11-17-9-10-23(12-18(17)13-24)19-8-5-15(2)21-22-19/h3-8,17-18H,9-13H2,1-2H3/t17-,18-/m0/s1. The first-order chi connectivity index (χ1) is 12.1. The SMILES string of the molecule is Cc1ccc(C(=O)N2C[C@@H]3CN(c4ccc(C)nn4)CC[C@H]3C2)cc1. The highest BCUT2D eigenvalue weighted by Gasteiger charge is 2.39. The number of nitrogens with zero attached hydrogens (tertiary/aromatic N) is 4. The number of benzene rings is 1. The Morgan fingerprint density at radius 3 is 2.44 bits per heavy atom. The van der Waals surface area contributed by atoms with Crippen LogP contribution in [-0.2, 0) is 0 Å². The van der Waals surface area contributed by atoms with Crippen molar-refractivity contribution >= 4 is 11.7 Å². The summed E-state index contributed by atoms with van der Waals surface area (Å²) in [6.45, 7) is 7.67. The number of aromatic nitrogens is 2. The van der Waals surface area contributed by atoms with Gasteiger partial charge in [-0.1, -0.05) is 17.7 Å². The summed E-state index contributed by atoms with van der Waals surface area (Å²) in [5.41, 5.74) is 2.92. The molecule has 2 fully saturated rings. The molecular weight excluding hydrogens is 312 g/mol. The van der Waals surface area contributed by atoms with Crippen molar-refractivity contribution in [3.8, 4) is 0 Å². The lowest BCUT2D eigenvalue weighted by Crippen LogP contribution is -2.40. The smallest absolute Gasteiger partial charge is 0.253 e. The van der Waals surface area contributed by atoms with Crippen molar-refractivity contribution in [3.63, 3.8) is 0 Å². The van der Waals surface area contributed by atoms with Crippen LogP contribution in [0.4, 0.5) is 5.82 Å². The van der Waals surface area contributed by atoms with E-state index in [9.17, 15) is 4.79 Å². The number of hydrogen-bond donors (Lipinski definition) is 0. The quantitative estimate of drug-likeness (QED) is 0.846. The van der Waals surface area contributed by atoms with Gasteiger partial charge in [0.25, 0.3) is 5.91 Å². The number of amides is 1. The molecule has 1 amide bonds. The fraction of sp³-hybridized carbons (Fsp3) is 0.450. The summed E-state index contributed by atoms with van der Waals surface area (Å²) in [7, 11) is 0. The van der Waals surface area contributed by atoms with Gasteiger partial charge in [0.15, 0.2) is 5.82 Å². The summed E-state index contributed by atoms with van der Waals surface area (Å²) in [4.78, 5) is 17.1. The monoisotopic (exact) mass is 336 g/mol. The molecule has 3 heterocycles. The largest absolute Gasteiger partial charge is 0.355 e. The fourth-order valence-corrected chi connectivity index (χ4v) is 3.98. The van der Waals surface area contributed by atoms with Crippen LogP contribution in [0.3, 0.4) is 0 Å². The molecule has 2 atom stereocenters. The molecule has 0 saturated carbocycles. The van der Waals surface area contributed by atoms with Gasteiger partial charge in [-0.15, -0.1) is 5.10 Å². The number of rotatable bonds is 2. The van der Waals surface area contributed by atoms with E-state index in [-0.39, 0.29) is 5.91 Å². The number of piperidine rings is 1. The molecule has 0 N–H and O–H groups in total. The normalized spacial score (nSPS) is 22.8. The number of anilines is 1. The predicted molar refractivity (Wildman–Crippen MR) is 97.7 cm³/mol. The van der Waals surface area contributed by atoms with Crippen molar-refractivity contribution in [2.45, 2.75) is 20.3 Å². The molecule has 5 heteroatoms. The third-order valence-corrected chi connectivity index (χ3v) is 5.49. The molecule has 2 aromatic rings. The van der Waals surface area contributed by atoms with Crippen LogP contribution in [0, 0.1) is 25.7 Å². The van der Waals surface area contributed by atoms with Crippen molar-refractivity contribution < 1.29 is 4.79 Å². The zero-order chi connectivity index (χ0) is 17.4. The summed E-state index contributed by atoms with van der Waals surface area (Å²) in [5.74, 6) is 2.23. The number of fused-ring (bicyclic) bond motifs is 1. The maximum absolute atomic E-state index is 12.8. The molecule has 1 aromatic carbocycles. The van der Waals surface area contributed by atoms with Crippen molar-refractivity contribution in [3.05, 3.63) is 53.2 Å². The van der Waals surface area contributed by atoms with Crippen LogP contribution in [0.1, 0.15) is 28.0 Å². The lowest BCUT2D eigenvalue weighted by molar-refractivity contribution is 0.0784. The zero-order valence-corrected chi connectivity index (χ0v) is 14.9.